The zero-order chi connectivity index (χ0) is 14.7. The SMILES string of the molecule is CC(=O)c1ccc(NC(C)c2ccccc2Cl)cc1N. The maximum Gasteiger partial charge on any atom is 0.161 e. The second kappa shape index (κ2) is 5.97. The van der Waals surface area contributed by atoms with Crippen molar-refractivity contribution in [2.24, 2.45) is 0 Å². The average Bonchev–Trinajstić information content (AvgIpc) is 2.38. The molecule has 0 fully saturated rings. The average molecular weight is 289 g/mol. The van der Waals surface area contributed by atoms with Crippen LogP contribution >= 0.6 is 11.6 Å². The third kappa shape index (κ3) is 3.11. The standard InChI is InChI=1S/C16H17ClN2O/c1-10(13-5-3-4-6-15(13)17)19-12-7-8-14(11(2)20)16(18)9-12/h3-10,19H,18H2,1-2H3. The first-order chi connectivity index (χ1) is 9.49. The van der Waals surface area contributed by atoms with Gasteiger partial charge in [-0.1, -0.05) is 29.8 Å². The Kier molecular flexibility index (Phi) is 4.30. The van der Waals surface area contributed by atoms with Crippen LogP contribution in [0.3, 0.4) is 0 Å². The molecule has 0 radical (unpaired) electrons. The fourth-order valence-electron chi connectivity index (χ4n) is 2.13. The summed E-state index contributed by atoms with van der Waals surface area (Å²) in [5, 5.41) is 4.05. The minimum atomic E-state index is -0.0341. The van der Waals surface area contributed by atoms with Crippen molar-refractivity contribution < 1.29 is 4.79 Å². The lowest BCUT2D eigenvalue weighted by molar-refractivity contribution is 0.101. The Morgan fingerprint density at radius 3 is 2.55 bits per heavy atom. The smallest absolute Gasteiger partial charge is 0.161 e. The Balaban J connectivity index is 2.20. The van der Waals surface area contributed by atoms with Crippen LogP contribution in [0.2, 0.25) is 5.02 Å². The molecule has 1 atom stereocenters. The van der Waals surface area contributed by atoms with Crippen molar-refractivity contribution in [2.75, 3.05) is 11.1 Å². The molecule has 20 heavy (non-hydrogen) atoms. The minimum Gasteiger partial charge on any atom is -0.398 e. The lowest BCUT2D eigenvalue weighted by atomic mass is 10.1. The molecule has 3 N–H and O–H groups in total. The number of hydrogen-bond donors (Lipinski definition) is 2. The van der Waals surface area contributed by atoms with Crippen LogP contribution in [0.1, 0.15) is 35.8 Å². The molecular formula is C16H17ClN2O. The topological polar surface area (TPSA) is 55.1 Å². The van der Waals surface area contributed by atoms with Gasteiger partial charge in [0.2, 0.25) is 0 Å². The summed E-state index contributed by atoms with van der Waals surface area (Å²) < 4.78 is 0. The molecule has 1 unspecified atom stereocenters. The van der Waals surface area contributed by atoms with E-state index in [4.69, 9.17) is 17.3 Å². The van der Waals surface area contributed by atoms with Crippen LogP contribution in [0.5, 0.6) is 0 Å². The van der Waals surface area contributed by atoms with Crippen LogP contribution < -0.4 is 11.1 Å². The largest absolute Gasteiger partial charge is 0.398 e. The summed E-state index contributed by atoms with van der Waals surface area (Å²) in [5.41, 5.74) is 8.78. The van der Waals surface area contributed by atoms with E-state index in [-0.39, 0.29) is 11.8 Å². The molecule has 0 saturated heterocycles. The summed E-state index contributed by atoms with van der Waals surface area (Å²) in [6, 6.07) is 13.1. The highest BCUT2D eigenvalue weighted by atomic mass is 35.5. The Bertz CT molecular complexity index is 640. The van der Waals surface area contributed by atoms with Gasteiger partial charge in [-0.25, -0.2) is 0 Å². The van der Waals surface area contributed by atoms with Crippen molar-refractivity contribution in [1.29, 1.82) is 0 Å². The number of carbonyl (C=O) groups excluding carboxylic acids is 1. The Morgan fingerprint density at radius 2 is 1.95 bits per heavy atom. The predicted molar refractivity (Wildman–Crippen MR) is 84.3 cm³/mol. The van der Waals surface area contributed by atoms with E-state index < -0.39 is 0 Å². The van der Waals surface area contributed by atoms with Gasteiger partial charge in [-0.05, 0) is 43.7 Å². The van der Waals surface area contributed by atoms with E-state index >= 15 is 0 Å². The van der Waals surface area contributed by atoms with Crippen LogP contribution in [0.25, 0.3) is 0 Å². The molecule has 0 aliphatic rings. The summed E-state index contributed by atoms with van der Waals surface area (Å²) >= 11 is 6.17. The maximum atomic E-state index is 11.3. The second-order valence-electron chi connectivity index (χ2n) is 4.75. The summed E-state index contributed by atoms with van der Waals surface area (Å²) in [7, 11) is 0. The predicted octanol–water partition coefficient (Wildman–Crippen LogP) is 4.30. The van der Waals surface area contributed by atoms with Crippen molar-refractivity contribution in [3.05, 3.63) is 58.6 Å². The third-order valence-corrected chi connectivity index (χ3v) is 3.53. The molecule has 2 aromatic rings. The van der Waals surface area contributed by atoms with Gasteiger partial charge < -0.3 is 11.1 Å². The molecule has 0 amide bonds. The van der Waals surface area contributed by atoms with Crippen molar-refractivity contribution in [2.45, 2.75) is 19.9 Å². The van der Waals surface area contributed by atoms with Gasteiger partial charge in [-0.2, -0.15) is 0 Å². The van der Waals surface area contributed by atoms with Gasteiger partial charge in [0.1, 0.15) is 0 Å². The molecule has 2 rings (SSSR count). The molecule has 2 aromatic carbocycles. The van der Waals surface area contributed by atoms with Gasteiger partial charge in [0.25, 0.3) is 0 Å². The van der Waals surface area contributed by atoms with Crippen LogP contribution in [0, 0.1) is 0 Å². The molecule has 0 aromatic heterocycles. The van der Waals surface area contributed by atoms with E-state index in [1.54, 1.807) is 12.1 Å². The molecular weight excluding hydrogens is 272 g/mol. The number of Topliss-reactive ketones (excluding diaryl/α,β-unsaturated/α-hetero) is 1. The summed E-state index contributed by atoms with van der Waals surface area (Å²) in [5.74, 6) is -0.0341. The monoisotopic (exact) mass is 288 g/mol. The number of anilines is 2. The molecule has 104 valence electrons. The fraction of sp³-hybridized carbons (Fsp3) is 0.188. The highest BCUT2D eigenvalue weighted by Crippen LogP contribution is 2.27. The number of rotatable bonds is 4. The molecule has 0 saturated carbocycles. The van der Waals surface area contributed by atoms with Crippen molar-refractivity contribution >= 4 is 28.8 Å². The normalized spacial score (nSPS) is 11.9. The maximum absolute atomic E-state index is 11.3. The number of ketones is 1. The van der Waals surface area contributed by atoms with Gasteiger partial charge in [0, 0.05) is 28.0 Å². The molecule has 0 aliphatic heterocycles. The van der Waals surface area contributed by atoms with Gasteiger partial charge in [-0.3, -0.25) is 4.79 Å². The van der Waals surface area contributed by atoms with E-state index in [2.05, 4.69) is 5.32 Å². The fourth-order valence-corrected chi connectivity index (χ4v) is 2.43. The van der Waals surface area contributed by atoms with Crippen LogP contribution in [0.4, 0.5) is 11.4 Å². The molecule has 0 aliphatic carbocycles. The van der Waals surface area contributed by atoms with E-state index in [0.29, 0.717) is 11.3 Å². The third-order valence-electron chi connectivity index (χ3n) is 3.19. The minimum absolute atomic E-state index is 0.0341. The Morgan fingerprint density at radius 1 is 1.25 bits per heavy atom. The number of halogens is 1. The van der Waals surface area contributed by atoms with Crippen LogP contribution in [0.15, 0.2) is 42.5 Å². The lowest BCUT2D eigenvalue weighted by Gasteiger charge is -2.17. The second-order valence-corrected chi connectivity index (χ2v) is 5.15. The van der Waals surface area contributed by atoms with Gasteiger partial charge in [-0.15, -0.1) is 0 Å². The lowest BCUT2D eigenvalue weighted by Crippen LogP contribution is -2.08. The molecule has 3 nitrogen and oxygen atoms in total. The number of nitrogens with one attached hydrogen (secondary N) is 1. The van der Waals surface area contributed by atoms with Crippen molar-refractivity contribution in [1.82, 2.24) is 0 Å². The number of benzene rings is 2. The zero-order valence-electron chi connectivity index (χ0n) is 11.5. The van der Waals surface area contributed by atoms with Crippen LogP contribution in [-0.4, -0.2) is 5.78 Å². The van der Waals surface area contributed by atoms with Crippen molar-refractivity contribution in [3.8, 4) is 0 Å². The van der Waals surface area contributed by atoms with Crippen molar-refractivity contribution in [3.63, 3.8) is 0 Å². The number of hydrogen-bond acceptors (Lipinski definition) is 3. The van der Waals surface area contributed by atoms with Gasteiger partial charge in [0.15, 0.2) is 5.78 Å². The number of carbonyl (C=O) groups is 1. The number of nitrogens with two attached hydrogens (primary N) is 1. The first-order valence-electron chi connectivity index (χ1n) is 6.40. The van der Waals surface area contributed by atoms with E-state index in [9.17, 15) is 4.79 Å². The Hall–Kier alpha value is -2.00. The highest BCUT2D eigenvalue weighted by molar-refractivity contribution is 6.31. The van der Waals surface area contributed by atoms with Gasteiger partial charge in [0.05, 0.1) is 0 Å². The Labute approximate surface area is 123 Å². The van der Waals surface area contributed by atoms with E-state index in [1.165, 1.54) is 6.92 Å². The summed E-state index contributed by atoms with van der Waals surface area (Å²) in [6.45, 7) is 3.53. The summed E-state index contributed by atoms with van der Waals surface area (Å²) in [4.78, 5) is 11.3. The summed E-state index contributed by atoms with van der Waals surface area (Å²) in [6.07, 6.45) is 0. The van der Waals surface area contributed by atoms with E-state index in [1.807, 2.05) is 37.3 Å². The first kappa shape index (κ1) is 14.4. The molecule has 4 heteroatoms. The molecule has 0 bridgehead atoms. The zero-order valence-corrected chi connectivity index (χ0v) is 12.2. The number of nitrogen functional groups attached to an aromatic ring is 1. The quantitative estimate of drug-likeness (QED) is 0.651. The van der Waals surface area contributed by atoms with Crippen LogP contribution in [-0.2, 0) is 0 Å². The molecule has 0 spiro atoms. The van der Waals surface area contributed by atoms with Gasteiger partial charge >= 0.3 is 0 Å². The van der Waals surface area contributed by atoms with E-state index in [0.717, 1.165) is 16.3 Å². The first-order valence-corrected chi connectivity index (χ1v) is 6.78. The molecule has 0 heterocycles. The highest BCUT2D eigenvalue weighted by Gasteiger charge is 2.10.